The number of carbonyl (C=O) groups is 1. The van der Waals surface area contributed by atoms with Gasteiger partial charge in [-0.05, 0) is 53.1 Å². The Morgan fingerprint density at radius 3 is 1.86 bits per heavy atom. The average Bonchev–Trinajstić information content (AvgIpc) is 3.07. The van der Waals surface area contributed by atoms with Gasteiger partial charge in [0.1, 0.15) is 17.1 Å². The number of ether oxygens (including phenoxy) is 3. The molecule has 0 aliphatic rings. The van der Waals surface area contributed by atoms with Crippen LogP contribution >= 0.6 is 0 Å². The third-order valence-electron chi connectivity index (χ3n) is 7.22. The lowest BCUT2D eigenvalue weighted by Gasteiger charge is -2.37. The molecule has 5 rings (SSSR count). The molecule has 9 heteroatoms. The number of nitrogens with zero attached hydrogens (tertiary/aromatic N) is 2. The third kappa shape index (κ3) is 6.70. The molecule has 0 aliphatic heterocycles. The number of benzene rings is 4. The van der Waals surface area contributed by atoms with Crippen LogP contribution in [0.5, 0.6) is 11.5 Å². The first-order valence-electron chi connectivity index (χ1n) is 14.0. The molecule has 2 N–H and O–H groups in total. The molecule has 0 fully saturated rings. The number of aromatic nitrogens is 2. The van der Waals surface area contributed by atoms with Crippen molar-refractivity contribution in [3.8, 4) is 11.5 Å². The van der Waals surface area contributed by atoms with E-state index in [2.05, 4.69) is 10.3 Å². The Balaban J connectivity index is 1.47. The van der Waals surface area contributed by atoms with Crippen LogP contribution in [0.4, 0.5) is 5.95 Å². The molecule has 0 bridgehead atoms. The van der Waals surface area contributed by atoms with Gasteiger partial charge in [0.15, 0.2) is 0 Å². The zero-order valence-corrected chi connectivity index (χ0v) is 24.4. The van der Waals surface area contributed by atoms with E-state index in [0.717, 1.165) is 16.7 Å². The molecule has 4 aromatic carbocycles. The van der Waals surface area contributed by atoms with Crippen molar-refractivity contribution in [1.29, 1.82) is 0 Å². The fraction of sp³-hybridized carbons (Fsp3) is 0.171. The largest absolute Gasteiger partial charge is 0.497 e. The maximum atomic E-state index is 12.8. The van der Waals surface area contributed by atoms with Crippen LogP contribution < -0.4 is 20.3 Å². The van der Waals surface area contributed by atoms with Gasteiger partial charge in [0, 0.05) is 17.8 Å². The van der Waals surface area contributed by atoms with Crippen LogP contribution in [-0.4, -0.2) is 47.5 Å². The molecule has 0 spiro atoms. The van der Waals surface area contributed by atoms with E-state index in [9.17, 15) is 14.7 Å². The van der Waals surface area contributed by atoms with Crippen molar-refractivity contribution in [3.63, 3.8) is 0 Å². The Morgan fingerprint density at radius 1 is 0.795 bits per heavy atom. The van der Waals surface area contributed by atoms with Gasteiger partial charge in [-0.25, -0.2) is 0 Å². The number of amides is 1. The fourth-order valence-electron chi connectivity index (χ4n) is 5.02. The zero-order chi connectivity index (χ0) is 30.9. The molecule has 1 heterocycles. The van der Waals surface area contributed by atoms with Gasteiger partial charge in [-0.1, -0.05) is 72.8 Å². The number of aliphatic hydroxyl groups excluding tert-OH is 1. The first kappa shape index (κ1) is 30.2. The van der Waals surface area contributed by atoms with Crippen LogP contribution in [-0.2, 0) is 16.9 Å². The van der Waals surface area contributed by atoms with Crippen molar-refractivity contribution in [1.82, 2.24) is 9.55 Å². The molecule has 224 valence electrons. The summed E-state index contributed by atoms with van der Waals surface area (Å²) in [5, 5.41) is 14.0. The zero-order valence-electron chi connectivity index (χ0n) is 24.4. The summed E-state index contributed by atoms with van der Waals surface area (Å²) in [4.78, 5) is 28.9. The van der Waals surface area contributed by atoms with E-state index in [0.29, 0.717) is 17.1 Å². The molecular weight excluding hydrogens is 558 g/mol. The molecule has 9 nitrogen and oxygen atoms in total. The molecule has 0 aliphatic carbocycles. The van der Waals surface area contributed by atoms with Gasteiger partial charge in [0.2, 0.25) is 5.95 Å². The molecular formula is C35H33N3O6. The third-order valence-corrected chi connectivity index (χ3v) is 7.22. The number of hydrogen-bond donors (Lipinski definition) is 2. The number of carbonyl (C=O) groups excluding carboxylic acids is 1. The van der Waals surface area contributed by atoms with Crippen molar-refractivity contribution in [2.45, 2.75) is 18.2 Å². The predicted molar refractivity (Wildman–Crippen MR) is 167 cm³/mol. The fourth-order valence-corrected chi connectivity index (χ4v) is 5.02. The Kier molecular flexibility index (Phi) is 9.49. The van der Waals surface area contributed by atoms with Crippen molar-refractivity contribution in [3.05, 3.63) is 154 Å². The molecule has 1 atom stereocenters. The molecule has 1 unspecified atom stereocenters. The van der Waals surface area contributed by atoms with Crippen LogP contribution in [0, 0.1) is 0 Å². The van der Waals surface area contributed by atoms with E-state index >= 15 is 0 Å². The Labute approximate surface area is 255 Å². The highest BCUT2D eigenvalue weighted by Crippen LogP contribution is 2.41. The number of aliphatic hydroxyl groups is 1. The van der Waals surface area contributed by atoms with Crippen molar-refractivity contribution < 1.29 is 24.1 Å². The topological polar surface area (TPSA) is 112 Å². The van der Waals surface area contributed by atoms with Crippen molar-refractivity contribution >= 4 is 11.9 Å². The number of nitrogens with one attached hydrogen (secondary N) is 1. The standard InChI is InChI=1S/C35H33N3O6/c1-42-30-17-13-27(14-18-30)35(26-11-7-4-8-12-26,28-15-19-31(43-2)20-16-28)44-24-29(39)23-38-22-21-32(40)36-34(38)37-33(41)25-9-5-3-6-10-25/h3-22,29,39H,23-24H2,1-2H3,(H,36,37,40,41). The van der Waals surface area contributed by atoms with Crippen LogP contribution in [0.3, 0.4) is 0 Å². The molecule has 0 saturated carbocycles. The smallest absolute Gasteiger partial charge is 0.274 e. The van der Waals surface area contributed by atoms with Crippen molar-refractivity contribution in [2.24, 2.45) is 0 Å². The van der Waals surface area contributed by atoms with Gasteiger partial charge >= 0.3 is 0 Å². The number of anilines is 1. The van der Waals surface area contributed by atoms with Crippen LogP contribution in [0.2, 0.25) is 0 Å². The van der Waals surface area contributed by atoms with E-state index in [-0.39, 0.29) is 19.1 Å². The highest BCUT2D eigenvalue weighted by molar-refractivity contribution is 6.03. The highest BCUT2D eigenvalue weighted by Gasteiger charge is 2.38. The van der Waals surface area contributed by atoms with E-state index in [4.69, 9.17) is 14.2 Å². The first-order valence-corrected chi connectivity index (χ1v) is 14.0. The summed E-state index contributed by atoms with van der Waals surface area (Å²) < 4.78 is 19.1. The number of hydrogen-bond acceptors (Lipinski definition) is 7. The SMILES string of the molecule is COc1ccc(C(OCC(O)Cn2ccc(=O)nc2NC(=O)c2ccccc2)(c2ccccc2)c2ccc(OC)cc2)cc1. The molecule has 1 amide bonds. The Bertz CT molecular complexity index is 1680. The lowest BCUT2D eigenvalue weighted by molar-refractivity contribution is -0.0422. The summed E-state index contributed by atoms with van der Waals surface area (Å²) in [7, 11) is 3.22. The maximum Gasteiger partial charge on any atom is 0.274 e. The Hall–Kier alpha value is -5.25. The normalized spacial score (nSPS) is 11.9. The van der Waals surface area contributed by atoms with E-state index in [1.807, 2.05) is 78.9 Å². The van der Waals surface area contributed by atoms with Gasteiger partial charge in [-0.2, -0.15) is 4.98 Å². The molecule has 0 saturated heterocycles. The monoisotopic (exact) mass is 591 g/mol. The predicted octanol–water partition coefficient (Wildman–Crippen LogP) is 4.88. The summed E-state index contributed by atoms with van der Waals surface area (Å²) in [5.74, 6) is 0.984. The van der Waals surface area contributed by atoms with Gasteiger partial charge in [-0.15, -0.1) is 0 Å². The lowest BCUT2D eigenvalue weighted by Crippen LogP contribution is -2.37. The van der Waals surface area contributed by atoms with E-state index in [1.54, 1.807) is 44.6 Å². The summed E-state index contributed by atoms with van der Waals surface area (Å²) in [5.41, 5.74) is 1.27. The highest BCUT2D eigenvalue weighted by atomic mass is 16.5. The van der Waals surface area contributed by atoms with Crippen LogP contribution in [0.1, 0.15) is 27.0 Å². The summed E-state index contributed by atoms with van der Waals surface area (Å²) in [6, 6.07) is 34.8. The molecule has 5 aromatic rings. The molecule has 0 radical (unpaired) electrons. The first-order chi connectivity index (χ1) is 21.4. The minimum absolute atomic E-state index is 0.00617. The van der Waals surface area contributed by atoms with Crippen molar-refractivity contribution in [2.75, 3.05) is 26.1 Å². The summed E-state index contributed by atoms with van der Waals surface area (Å²) in [6.07, 6.45) is 0.433. The second-order valence-electron chi connectivity index (χ2n) is 10.0. The van der Waals surface area contributed by atoms with Crippen LogP contribution in [0.15, 0.2) is 126 Å². The maximum absolute atomic E-state index is 12.8. The van der Waals surface area contributed by atoms with Gasteiger partial charge < -0.3 is 23.9 Å². The summed E-state index contributed by atoms with van der Waals surface area (Å²) >= 11 is 0. The van der Waals surface area contributed by atoms with Gasteiger partial charge in [0.25, 0.3) is 11.5 Å². The summed E-state index contributed by atoms with van der Waals surface area (Å²) in [6.45, 7) is -0.112. The van der Waals surface area contributed by atoms with E-state index < -0.39 is 23.2 Å². The minimum Gasteiger partial charge on any atom is -0.497 e. The Morgan fingerprint density at radius 2 is 1.32 bits per heavy atom. The van der Waals surface area contributed by atoms with Crippen LogP contribution in [0.25, 0.3) is 0 Å². The quantitative estimate of drug-likeness (QED) is 0.199. The minimum atomic E-state index is -1.12. The molecule has 1 aromatic heterocycles. The van der Waals surface area contributed by atoms with E-state index in [1.165, 1.54) is 16.8 Å². The second-order valence-corrected chi connectivity index (χ2v) is 10.0. The average molecular weight is 592 g/mol. The lowest BCUT2D eigenvalue weighted by atomic mass is 9.80. The second kappa shape index (κ2) is 13.8. The van der Waals surface area contributed by atoms with Gasteiger partial charge in [-0.3, -0.25) is 14.9 Å². The molecule has 44 heavy (non-hydrogen) atoms. The number of methoxy groups -OCH3 is 2. The number of rotatable bonds is 12. The van der Waals surface area contributed by atoms with Gasteiger partial charge in [0.05, 0.1) is 33.5 Å².